The summed E-state index contributed by atoms with van der Waals surface area (Å²) in [6.45, 7) is 0.758. The molecule has 3 rings (SSSR count). The maximum atomic E-state index is 5.91. The van der Waals surface area contributed by atoms with Gasteiger partial charge in [-0.2, -0.15) is 0 Å². The van der Waals surface area contributed by atoms with Crippen molar-refractivity contribution in [1.29, 1.82) is 0 Å². The summed E-state index contributed by atoms with van der Waals surface area (Å²) in [4.78, 5) is 0. The van der Waals surface area contributed by atoms with Crippen LogP contribution in [-0.4, -0.2) is 6.54 Å². The Morgan fingerprint density at radius 1 is 1.31 bits per heavy atom. The van der Waals surface area contributed by atoms with Crippen LogP contribution in [0.1, 0.15) is 30.7 Å². The van der Waals surface area contributed by atoms with Crippen LogP contribution in [0.25, 0.3) is 11.0 Å². The predicted molar refractivity (Wildman–Crippen MR) is 65.4 cm³/mol. The summed E-state index contributed by atoms with van der Waals surface area (Å²) in [5.41, 5.74) is 8.25. The van der Waals surface area contributed by atoms with Gasteiger partial charge in [-0.25, -0.2) is 0 Å². The van der Waals surface area contributed by atoms with Gasteiger partial charge in [-0.15, -0.1) is 0 Å². The van der Waals surface area contributed by atoms with E-state index in [9.17, 15) is 0 Å². The van der Waals surface area contributed by atoms with Crippen molar-refractivity contribution >= 4 is 11.0 Å². The van der Waals surface area contributed by atoms with Crippen molar-refractivity contribution in [3.05, 3.63) is 36.1 Å². The van der Waals surface area contributed by atoms with Crippen LogP contribution < -0.4 is 5.73 Å². The molecule has 1 heterocycles. The molecule has 1 aromatic carbocycles. The molecule has 1 aromatic heterocycles. The molecule has 2 heteroatoms. The van der Waals surface area contributed by atoms with E-state index in [0.717, 1.165) is 18.0 Å². The summed E-state index contributed by atoms with van der Waals surface area (Å²) in [6.07, 6.45) is 5.79. The molecule has 0 amide bonds. The molecule has 2 aromatic rings. The largest absolute Gasteiger partial charge is 0.464 e. The van der Waals surface area contributed by atoms with E-state index in [1.54, 1.807) is 6.26 Å². The Kier molecular flexibility index (Phi) is 2.44. The van der Waals surface area contributed by atoms with Crippen LogP contribution in [0.15, 0.2) is 34.9 Å². The molecule has 84 valence electrons. The van der Waals surface area contributed by atoms with E-state index in [1.807, 2.05) is 6.07 Å². The second-order valence-electron chi connectivity index (χ2n) is 4.75. The Labute approximate surface area is 95.4 Å². The van der Waals surface area contributed by atoms with Gasteiger partial charge in [-0.05, 0) is 55.0 Å². The number of rotatable bonds is 3. The van der Waals surface area contributed by atoms with Crippen LogP contribution in [-0.2, 0) is 0 Å². The number of hydrogen-bond donors (Lipinski definition) is 1. The van der Waals surface area contributed by atoms with Crippen LogP contribution in [0.4, 0.5) is 0 Å². The highest BCUT2D eigenvalue weighted by Crippen LogP contribution is 2.39. The van der Waals surface area contributed by atoms with Crippen LogP contribution in [0.2, 0.25) is 0 Å². The predicted octanol–water partition coefficient (Wildman–Crippen LogP) is 3.28. The highest BCUT2D eigenvalue weighted by atomic mass is 16.3. The van der Waals surface area contributed by atoms with Gasteiger partial charge in [0.1, 0.15) is 5.58 Å². The van der Waals surface area contributed by atoms with Crippen molar-refractivity contribution in [2.45, 2.75) is 25.2 Å². The Morgan fingerprint density at radius 3 is 2.88 bits per heavy atom. The molecule has 0 radical (unpaired) electrons. The van der Waals surface area contributed by atoms with Gasteiger partial charge in [0.05, 0.1) is 6.26 Å². The Balaban J connectivity index is 1.95. The van der Waals surface area contributed by atoms with E-state index >= 15 is 0 Å². The van der Waals surface area contributed by atoms with Gasteiger partial charge in [0, 0.05) is 5.39 Å². The van der Waals surface area contributed by atoms with E-state index in [-0.39, 0.29) is 0 Å². The van der Waals surface area contributed by atoms with E-state index in [2.05, 4.69) is 18.2 Å². The molecular weight excluding hydrogens is 198 g/mol. The smallest absolute Gasteiger partial charge is 0.133 e. The average Bonchev–Trinajstić information content (AvgIpc) is 2.69. The standard InChI is InChI=1S/C14H17NO/c15-9-13(10-2-1-3-10)11-4-5-14-12(8-11)6-7-16-14/h4-8,10,13H,1-3,9,15H2. The molecule has 16 heavy (non-hydrogen) atoms. The highest BCUT2D eigenvalue weighted by molar-refractivity contribution is 5.77. The number of fused-ring (bicyclic) bond motifs is 1. The van der Waals surface area contributed by atoms with Gasteiger partial charge in [-0.1, -0.05) is 12.5 Å². The molecule has 1 aliphatic rings. The van der Waals surface area contributed by atoms with Crippen molar-refractivity contribution in [3.8, 4) is 0 Å². The number of benzene rings is 1. The monoisotopic (exact) mass is 215 g/mol. The topological polar surface area (TPSA) is 39.2 Å². The third-order valence-electron chi connectivity index (χ3n) is 3.88. The van der Waals surface area contributed by atoms with Gasteiger partial charge in [-0.3, -0.25) is 0 Å². The normalized spacial score (nSPS) is 18.6. The number of nitrogens with two attached hydrogens (primary N) is 1. The second-order valence-corrected chi connectivity index (χ2v) is 4.75. The highest BCUT2D eigenvalue weighted by Gasteiger charge is 2.27. The van der Waals surface area contributed by atoms with E-state index in [1.165, 1.54) is 30.2 Å². The van der Waals surface area contributed by atoms with Crippen molar-refractivity contribution in [3.63, 3.8) is 0 Å². The number of furan rings is 1. The molecule has 0 saturated heterocycles. The summed E-state index contributed by atoms with van der Waals surface area (Å²) in [5.74, 6) is 1.34. The second kappa shape index (κ2) is 3.95. The van der Waals surface area contributed by atoms with Crippen LogP contribution >= 0.6 is 0 Å². The Morgan fingerprint density at radius 2 is 2.19 bits per heavy atom. The summed E-state index contributed by atoms with van der Waals surface area (Å²) in [6, 6.07) is 8.48. The Hall–Kier alpha value is -1.28. The number of hydrogen-bond acceptors (Lipinski definition) is 2. The first-order valence-electron chi connectivity index (χ1n) is 6.05. The summed E-state index contributed by atoms with van der Waals surface area (Å²) in [7, 11) is 0. The lowest BCUT2D eigenvalue weighted by Gasteiger charge is -2.33. The Bertz CT molecular complexity index is 484. The van der Waals surface area contributed by atoms with Gasteiger partial charge >= 0.3 is 0 Å². The molecule has 2 N–H and O–H groups in total. The fraction of sp³-hybridized carbons (Fsp3) is 0.429. The van der Waals surface area contributed by atoms with E-state index in [4.69, 9.17) is 10.2 Å². The molecule has 1 unspecified atom stereocenters. The molecular formula is C14H17NO. The SMILES string of the molecule is NCC(c1ccc2occc2c1)C1CCC1. The maximum absolute atomic E-state index is 5.91. The van der Waals surface area contributed by atoms with Crippen molar-refractivity contribution in [2.75, 3.05) is 6.54 Å². The van der Waals surface area contributed by atoms with Gasteiger partial charge in [0.15, 0.2) is 0 Å². The van der Waals surface area contributed by atoms with Gasteiger partial charge in [0.25, 0.3) is 0 Å². The third-order valence-corrected chi connectivity index (χ3v) is 3.88. The van der Waals surface area contributed by atoms with Crippen molar-refractivity contribution in [1.82, 2.24) is 0 Å². The lowest BCUT2D eigenvalue weighted by atomic mass is 9.73. The fourth-order valence-electron chi connectivity index (χ4n) is 2.66. The maximum Gasteiger partial charge on any atom is 0.133 e. The summed E-state index contributed by atoms with van der Waals surface area (Å²) in [5, 5.41) is 1.19. The lowest BCUT2D eigenvalue weighted by Crippen LogP contribution is -2.26. The molecule has 1 fully saturated rings. The van der Waals surface area contributed by atoms with E-state index in [0.29, 0.717) is 5.92 Å². The zero-order valence-electron chi connectivity index (χ0n) is 9.36. The van der Waals surface area contributed by atoms with Crippen LogP contribution in [0, 0.1) is 5.92 Å². The quantitative estimate of drug-likeness (QED) is 0.853. The minimum absolute atomic E-state index is 0.535. The molecule has 1 aliphatic carbocycles. The summed E-state index contributed by atoms with van der Waals surface area (Å²) >= 11 is 0. The van der Waals surface area contributed by atoms with Crippen LogP contribution in [0.5, 0.6) is 0 Å². The zero-order valence-corrected chi connectivity index (χ0v) is 9.36. The van der Waals surface area contributed by atoms with Crippen molar-refractivity contribution < 1.29 is 4.42 Å². The minimum atomic E-state index is 0.535. The van der Waals surface area contributed by atoms with Crippen LogP contribution in [0.3, 0.4) is 0 Å². The average molecular weight is 215 g/mol. The van der Waals surface area contributed by atoms with Crippen molar-refractivity contribution in [2.24, 2.45) is 11.7 Å². The first-order valence-corrected chi connectivity index (χ1v) is 6.05. The first kappa shape index (κ1) is 9.91. The molecule has 1 saturated carbocycles. The summed E-state index contributed by atoms with van der Waals surface area (Å²) < 4.78 is 5.36. The molecule has 0 aliphatic heterocycles. The van der Waals surface area contributed by atoms with Gasteiger partial charge < -0.3 is 10.2 Å². The zero-order chi connectivity index (χ0) is 11.0. The first-order chi connectivity index (χ1) is 7.88. The molecule has 2 nitrogen and oxygen atoms in total. The molecule has 0 spiro atoms. The minimum Gasteiger partial charge on any atom is -0.464 e. The molecule has 0 bridgehead atoms. The molecule has 1 atom stereocenters. The third kappa shape index (κ3) is 1.54. The van der Waals surface area contributed by atoms with Gasteiger partial charge in [0.2, 0.25) is 0 Å². The van der Waals surface area contributed by atoms with E-state index < -0.39 is 0 Å². The fourth-order valence-corrected chi connectivity index (χ4v) is 2.66. The lowest BCUT2D eigenvalue weighted by molar-refractivity contribution is 0.264.